The van der Waals surface area contributed by atoms with Gasteiger partial charge in [0.25, 0.3) is 0 Å². The van der Waals surface area contributed by atoms with Crippen LogP contribution < -0.4 is 9.62 Å². The van der Waals surface area contributed by atoms with Gasteiger partial charge in [0.05, 0.1) is 11.9 Å². The number of amides is 2. The molecular weight excluding hydrogens is 468 g/mol. The molecule has 0 fully saturated rings. The fourth-order valence-corrected chi connectivity index (χ4v) is 4.26. The van der Waals surface area contributed by atoms with Crippen LogP contribution in [0.1, 0.15) is 12.5 Å². The van der Waals surface area contributed by atoms with E-state index in [1.54, 1.807) is 18.2 Å². The van der Waals surface area contributed by atoms with Gasteiger partial charge in [0.2, 0.25) is 21.8 Å². The lowest BCUT2D eigenvalue weighted by Gasteiger charge is -2.31. The second kappa shape index (κ2) is 10.3. The van der Waals surface area contributed by atoms with Gasteiger partial charge < -0.3 is 10.2 Å². The van der Waals surface area contributed by atoms with E-state index in [1.807, 2.05) is 0 Å². The molecule has 0 radical (unpaired) electrons. The average molecular weight is 490 g/mol. The lowest BCUT2D eigenvalue weighted by Crippen LogP contribution is -2.50. The zero-order valence-corrected chi connectivity index (χ0v) is 19.4. The maximum atomic E-state index is 14.3. The number of rotatable bonds is 8. The topological polar surface area (TPSA) is 86.8 Å². The summed E-state index contributed by atoms with van der Waals surface area (Å²) in [6.07, 6.45) is 0.865. The summed E-state index contributed by atoms with van der Waals surface area (Å²) in [5, 5.41) is 3.01. The van der Waals surface area contributed by atoms with Crippen molar-refractivity contribution >= 4 is 50.7 Å². The number of halogens is 3. The van der Waals surface area contributed by atoms with Crippen molar-refractivity contribution in [3.63, 3.8) is 0 Å². The molecule has 0 aromatic heterocycles. The Hall–Kier alpha value is -2.36. The highest BCUT2D eigenvalue weighted by molar-refractivity contribution is 7.92. The second-order valence-electron chi connectivity index (χ2n) is 6.73. The number of sulfonamides is 1. The number of para-hydroxylation sites is 1. The first kappa shape index (κ1) is 24.9. The molecule has 0 saturated carbocycles. The summed E-state index contributed by atoms with van der Waals surface area (Å²) < 4.78 is 39.6. The molecule has 31 heavy (non-hydrogen) atoms. The maximum Gasteiger partial charge on any atom is 0.244 e. The summed E-state index contributed by atoms with van der Waals surface area (Å²) in [7, 11) is -2.61. The van der Waals surface area contributed by atoms with Gasteiger partial charge in [-0.05, 0) is 31.2 Å². The Labute approximate surface area is 190 Å². The molecule has 0 aliphatic rings. The van der Waals surface area contributed by atoms with Crippen LogP contribution in [0.3, 0.4) is 0 Å². The first-order valence-electron chi connectivity index (χ1n) is 9.13. The van der Waals surface area contributed by atoms with Crippen LogP contribution in [0.5, 0.6) is 0 Å². The van der Waals surface area contributed by atoms with E-state index in [2.05, 4.69) is 5.32 Å². The van der Waals surface area contributed by atoms with Crippen molar-refractivity contribution in [2.45, 2.75) is 19.5 Å². The van der Waals surface area contributed by atoms with Gasteiger partial charge in [0.15, 0.2) is 0 Å². The van der Waals surface area contributed by atoms with Gasteiger partial charge in [-0.1, -0.05) is 41.4 Å². The van der Waals surface area contributed by atoms with Crippen LogP contribution >= 0.6 is 23.2 Å². The molecule has 0 aliphatic heterocycles. The Kier molecular flexibility index (Phi) is 8.27. The van der Waals surface area contributed by atoms with Gasteiger partial charge in [-0.2, -0.15) is 0 Å². The minimum atomic E-state index is -4.02. The predicted molar refractivity (Wildman–Crippen MR) is 119 cm³/mol. The van der Waals surface area contributed by atoms with E-state index >= 15 is 0 Å². The van der Waals surface area contributed by atoms with Crippen LogP contribution in [-0.2, 0) is 26.2 Å². The van der Waals surface area contributed by atoms with E-state index in [4.69, 9.17) is 23.2 Å². The van der Waals surface area contributed by atoms with Crippen molar-refractivity contribution in [3.8, 4) is 0 Å². The lowest BCUT2D eigenvalue weighted by molar-refractivity contribution is -0.139. The number of carbonyl (C=O) groups excluding carboxylic acids is 2. The number of anilines is 1. The standard InChI is InChI=1S/C20H22Cl2FN3O4S/c1-13(20(28)24-2)25(11-14-15(21)7-6-8-16(14)22)19(27)12-26(31(3,29)30)18-10-5-4-9-17(18)23/h4-10,13H,11-12H2,1-3H3,(H,24,28)/t13-/m1/s1. The summed E-state index contributed by atoms with van der Waals surface area (Å²) in [6.45, 7) is 0.610. The van der Waals surface area contributed by atoms with Crippen LogP contribution in [0.15, 0.2) is 42.5 Å². The Morgan fingerprint density at radius 2 is 1.68 bits per heavy atom. The highest BCUT2D eigenvalue weighted by atomic mass is 35.5. The van der Waals surface area contributed by atoms with E-state index in [9.17, 15) is 22.4 Å². The zero-order valence-electron chi connectivity index (χ0n) is 17.1. The molecule has 0 unspecified atom stereocenters. The van der Waals surface area contributed by atoms with E-state index in [-0.39, 0.29) is 22.3 Å². The number of hydrogen-bond donors (Lipinski definition) is 1. The monoisotopic (exact) mass is 489 g/mol. The van der Waals surface area contributed by atoms with Gasteiger partial charge in [-0.25, -0.2) is 12.8 Å². The minimum Gasteiger partial charge on any atom is -0.357 e. The molecule has 2 amide bonds. The largest absolute Gasteiger partial charge is 0.357 e. The number of carbonyl (C=O) groups is 2. The normalized spacial score (nSPS) is 12.2. The van der Waals surface area contributed by atoms with Crippen LogP contribution in [0.4, 0.5) is 10.1 Å². The van der Waals surface area contributed by atoms with Gasteiger partial charge >= 0.3 is 0 Å². The number of nitrogens with zero attached hydrogens (tertiary/aromatic N) is 2. The summed E-state index contributed by atoms with van der Waals surface area (Å²) in [4.78, 5) is 26.6. The van der Waals surface area contributed by atoms with Crippen LogP contribution in [0.2, 0.25) is 10.0 Å². The van der Waals surface area contributed by atoms with Gasteiger partial charge in [-0.15, -0.1) is 0 Å². The molecule has 7 nitrogen and oxygen atoms in total. The van der Waals surface area contributed by atoms with Crippen LogP contribution in [0, 0.1) is 5.82 Å². The van der Waals surface area contributed by atoms with E-state index in [1.165, 1.54) is 32.2 Å². The SMILES string of the molecule is CNC(=O)[C@@H](C)N(Cc1c(Cl)cccc1Cl)C(=O)CN(c1ccccc1F)S(C)(=O)=O. The van der Waals surface area contributed by atoms with Gasteiger partial charge in [-0.3, -0.25) is 13.9 Å². The number of likely N-dealkylation sites (N-methyl/N-ethyl adjacent to an activating group) is 1. The van der Waals surface area contributed by atoms with E-state index in [0.29, 0.717) is 9.87 Å². The second-order valence-corrected chi connectivity index (χ2v) is 9.45. The molecule has 0 heterocycles. The quantitative estimate of drug-likeness (QED) is 0.617. The summed E-state index contributed by atoms with van der Waals surface area (Å²) in [5.74, 6) is -2.02. The molecule has 0 spiro atoms. The molecule has 2 aromatic rings. The number of nitrogens with one attached hydrogen (secondary N) is 1. The van der Waals surface area contributed by atoms with Crippen LogP contribution in [0.25, 0.3) is 0 Å². The van der Waals surface area contributed by atoms with Crippen molar-refractivity contribution in [1.29, 1.82) is 0 Å². The first-order valence-corrected chi connectivity index (χ1v) is 11.7. The Morgan fingerprint density at radius 1 is 1.10 bits per heavy atom. The fourth-order valence-electron chi connectivity index (χ4n) is 2.89. The van der Waals surface area contributed by atoms with Crippen molar-refractivity contribution in [3.05, 3.63) is 63.9 Å². The Bertz CT molecular complexity index is 1060. The average Bonchev–Trinajstić information content (AvgIpc) is 2.70. The Balaban J connectivity index is 2.46. The van der Waals surface area contributed by atoms with Crippen molar-refractivity contribution in [1.82, 2.24) is 10.2 Å². The number of benzene rings is 2. The van der Waals surface area contributed by atoms with Crippen molar-refractivity contribution in [2.75, 3.05) is 24.2 Å². The third-order valence-electron chi connectivity index (χ3n) is 4.60. The summed E-state index contributed by atoms with van der Waals surface area (Å²) in [6, 6.07) is 9.01. The van der Waals surface area contributed by atoms with Gasteiger partial charge in [0, 0.05) is 29.2 Å². The zero-order chi connectivity index (χ0) is 23.3. The molecular formula is C20H22Cl2FN3O4S. The highest BCUT2D eigenvalue weighted by Gasteiger charge is 2.31. The number of hydrogen-bond acceptors (Lipinski definition) is 4. The van der Waals surface area contributed by atoms with E-state index in [0.717, 1.165) is 17.2 Å². The van der Waals surface area contributed by atoms with E-state index < -0.39 is 40.2 Å². The smallest absolute Gasteiger partial charge is 0.244 e. The molecule has 0 bridgehead atoms. The van der Waals surface area contributed by atoms with Gasteiger partial charge in [0.1, 0.15) is 18.4 Å². The van der Waals surface area contributed by atoms with Crippen molar-refractivity contribution < 1.29 is 22.4 Å². The van der Waals surface area contributed by atoms with Crippen LogP contribution in [-0.4, -0.2) is 51.0 Å². The molecule has 2 aromatic carbocycles. The molecule has 168 valence electrons. The maximum absolute atomic E-state index is 14.3. The molecule has 0 aliphatic carbocycles. The van der Waals surface area contributed by atoms with Crippen molar-refractivity contribution in [2.24, 2.45) is 0 Å². The third-order valence-corrected chi connectivity index (χ3v) is 6.44. The fraction of sp³-hybridized carbons (Fsp3) is 0.300. The summed E-state index contributed by atoms with van der Waals surface area (Å²) in [5.41, 5.74) is 0.119. The lowest BCUT2D eigenvalue weighted by atomic mass is 10.1. The molecule has 1 atom stereocenters. The molecule has 2 rings (SSSR count). The minimum absolute atomic E-state index is 0.152. The molecule has 1 N–H and O–H groups in total. The highest BCUT2D eigenvalue weighted by Crippen LogP contribution is 2.27. The molecule has 0 saturated heterocycles. The Morgan fingerprint density at radius 3 is 2.19 bits per heavy atom. The molecule has 11 heteroatoms. The predicted octanol–water partition coefficient (Wildman–Crippen LogP) is 3.06. The summed E-state index contributed by atoms with van der Waals surface area (Å²) >= 11 is 12.4. The third kappa shape index (κ3) is 6.09. The first-order chi connectivity index (χ1) is 14.5.